The van der Waals surface area contributed by atoms with Gasteiger partial charge in [0.25, 0.3) is 0 Å². The van der Waals surface area contributed by atoms with Crippen LogP contribution in [0.1, 0.15) is 90.4 Å². The predicted octanol–water partition coefficient (Wildman–Crippen LogP) is 6.94. The molecule has 2 aliphatic carbocycles. The number of aliphatic hydroxyl groups is 1. The van der Waals surface area contributed by atoms with E-state index in [9.17, 15) is 5.11 Å². The smallest absolute Gasteiger partial charge is 0.0639 e. The minimum Gasteiger partial charge on any atom is -0.392 e. The van der Waals surface area contributed by atoms with E-state index in [0.717, 1.165) is 42.3 Å². The summed E-state index contributed by atoms with van der Waals surface area (Å²) in [5.41, 5.74) is 0.951. The minimum absolute atomic E-state index is 0.114. The van der Waals surface area contributed by atoms with Gasteiger partial charge in [0.05, 0.1) is 6.61 Å². The van der Waals surface area contributed by atoms with Crippen molar-refractivity contribution in [2.75, 3.05) is 20.3 Å². The molecule has 0 aliphatic heterocycles. The molecule has 2 rings (SSSR count). The molecule has 0 aromatic rings. The number of methoxy groups -OCH3 is 1. The number of hydrogen-bond acceptors (Lipinski definition) is 2. The van der Waals surface area contributed by atoms with Crippen LogP contribution < -0.4 is 0 Å². The number of hydrogen-bond donors (Lipinski definition) is 1. The summed E-state index contributed by atoms with van der Waals surface area (Å²) in [5.74, 6) is 4.47. The zero-order chi connectivity index (χ0) is 20.2. The fourth-order valence-corrected chi connectivity index (χ4v) is 5.82. The topological polar surface area (TPSA) is 29.5 Å². The van der Waals surface area contributed by atoms with Gasteiger partial charge >= 0.3 is 0 Å². The number of aliphatic hydroxyl groups excluding tert-OH is 1. The average Bonchev–Trinajstić information content (AvgIpc) is 2.73. The fourth-order valence-electron chi connectivity index (χ4n) is 5.82. The van der Waals surface area contributed by atoms with E-state index >= 15 is 0 Å². The molecule has 0 aromatic carbocycles. The van der Waals surface area contributed by atoms with Crippen molar-refractivity contribution in [2.45, 2.75) is 90.4 Å². The SMILES string of the molecule is C=C(CO)CC(CCC1CCC(C2CCC(CC/C=C/C)CC2)CC1)COC. The van der Waals surface area contributed by atoms with Crippen LogP contribution in [0.3, 0.4) is 0 Å². The average molecular weight is 391 g/mol. The second-order valence-corrected chi connectivity index (χ2v) is 9.72. The maximum Gasteiger partial charge on any atom is 0.0639 e. The Labute approximate surface area is 174 Å². The molecule has 1 N–H and O–H groups in total. The first-order chi connectivity index (χ1) is 13.7. The van der Waals surface area contributed by atoms with Crippen molar-refractivity contribution >= 4 is 0 Å². The van der Waals surface area contributed by atoms with Gasteiger partial charge in [0.2, 0.25) is 0 Å². The van der Waals surface area contributed by atoms with E-state index in [0.29, 0.717) is 5.92 Å². The van der Waals surface area contributed by atoms with E-state index in [1.807, 2.05) is 0 Å². The highest BCUT2D eigenvalue weighted by Gasteiger charge is 2.30. The molecule has 0 spiro atoms. The van der Waals surface area contributed by atoms with Crippen LogP contribution in [0.5, 0.6) is 0 Å². The Morgan fingerprint density at radius 3 is 2.07 bits per heavy atom. The van der Waals surface area contributed by atoms with E-state index in [1.165, 1.54) is 77.0 Å². The molecule has 2 fully saturated rings. The van der Waals surface area contributed by atoms with Gasteiger partial charge in [0.15, 0.2) is 0 Å². The maximum atomic E-state index is 9.25. The van der Waals surface area contributed by atoms with Crippen molar-refractivity contribution in [3.63, 3.8) is 0 Å². The van der Waals surface area contributed by atoms with Crippen LogP contribution in [0.15, 0.2) is 24.3 Å². The first-order valence-corrected chi connectivity index (χ1v) is 12.0. The Kier molecular flexibility index (Phi) is 11.5. The lowest BCUT2D eigenvalue weighted by Crippen LogP contribution is -2.26. The zero-order valence-corrected chi connectivity index (χ0v) is 18.7. The molecule has 2 saturated carbocycles. The van der Waals surface area contributed by atoms with Gasteiger partial charge in [-0.1, -0.05) is 56.4 Å². The standard InChI is InChI=1S/C26H46O2/c1-4-5-6-7-22-10-14-25(15-11-22)26-16-12-23(13-17-26)8-9-24(20-28-3)18-21(2)19-27/h4-5,22-27H,2,6-20H2,1,3H3/b5-4+. The second-order valence-electron chi connectivity index (χ2n) is 9.72. The normalized spacial score (nSPS) is 29.8. The maximum absolute atomic E-state index is 9.25. The third-order valence-corrected chi connectivity index (χ3v) is 7.61. The molecule has 0 radical (unpaired) electrons. The van der Waals surface area contributed by atoms with Crippen molar-refractivity contribution in [1.82, 2.24) is 0 Å². The molecule has 2 aliphatic rings. The minimum atomic E-state index is 0.114. The molecule has 0 saturated heterocycles. The van der Waals surface area contributed by atoms with Crippen molar-refractivity contribution in [2.24, 2.45) is 29.6 Å². The van der Waals surface area contributed by atoms with Crippen LogP contribution in [-0.4, -0.2) is 25.4 Å². The van der Waals surface area contributed by atoms with Gasteiger partial charge in [-0.2, -0.15) is 0 Å². The molecule has 0 bridgehead atoms. The Hall–Kier alpha value is -0.600. The quantitative estimate of drug-likeness (QED) is 0.366. The van der Waals surface area contributed by atoms with Gasteiger partial charge in [-0.05, 0) is 87.9 Å². The summed E-state index contributed by atoms with van der Waals surface area (Å²) < 4.78 is 5.40. The predicted molar refractivity (Wildman–Crippen MR) is 120 cm³/mol. The largest absolute Gasteiger partial charge is 0.392 e. The Morgan fingerprint density at radius 2 is 1.57 bits per heavy atom. The Morgan fingerprint density at radius 1 is 1.00 bits per heavy atom. The fraction of sp³-hybridized carbons (Fsp3) is 0.846. The molecule has 0 amide bonds. The van der Waals surface area contributed by atoms with Gasteiger partial charge in [-0.15, -0.1) is 0 Å². The van der Waals surface area contributed by atoms with E-state index in [2.05, 4.69) is 25.7 Å². The third-order valence-electron chi connectivity index (χ3n) is 7.61. The summed E-state index contributed by atoms with van der Waals surface area (Å²) in [6.07, 6.45) is 22.5. The van der Waals surface area contributed by atoms with Crippen LogP contribution >= 0.6 is 0 Å². The van der Waals surface area contributed by atoms with E-state index in [1.54, 1.807) is 7.11 Å². The first kappa shape index (κ1) is 23.7. The number of ether oxygens (including phenoxy) is 1. The van der Waals surface area contributed by atoms with Crippen LogP contribution in [0, 0.1) is 29.6 Å². The summed E-state index contributed by atoms with van der Waals surface area (Å²) >= 11 is 0. The lowest BCUT2D eigenvalue weighted by Gasteiger charge is -2.38. The van der Waals surface area contributed by atoms with Gasteiger partial charge < -0.3 is 9.84 Å². The molecule has 0 aromatic heterocycles. The molecule has 1 unspecified atom stereocenters. The van der Waals surface area contributed by atoms with Crippen LogP contribution in [0.4, 0.5) is 0 Å². The molecule has 162 valence electrons. The summed E-state index contributed by atoms with van der Waals surface area (Å²) in [6.45, 7) is 7.02. The highest BCUT2D eigenvalue weighted by Crippen LogP contribution is 2.43. The summed E-state index contributed by atoms with van der Waals surface area (Å²) in [6, 6.07) is 0. The Bertz CT molecular complexity index is 439. The second kappa shape index (κ2) is 13.6. The molecule has 0 heterocycles. The molecule has 1 atom stereocenters. The highest BCUT2D eigenvalue weighted by molar-refractivity contribution is 4.95. The lowest BCUT2D eigenvalue weighted by atomic mass is 9.68. The van der Waals surface area contributed by atoms with Gasteiger partial charge in [0, 0.05) is 13.7 Å². The first-order valence-electron chi connectivity index (χ1n) is 12.0. The van der Waals surface area contributed by atoms with Crippen LogP contribution in [0.2, 0.25) is 0 Å². The lowest BCUT2D eigenvalue weighted by molar-refractivity contribution is 0.124. The van der Waals surface area contributed by atoms with Crippen molar-refractivity contribution in [3.05, 3.63) is 24.3 Å². The van der Waals surface area contributed by atoms with Gasteiger partial charge in [-0.25, -0.2) is 0 Å². The van der Waals surface area contributed by atoms with Crippen LogP contribution in [-0.2, 0) is 4.74 Å². The van der Waals surface area contributed by atoms with Crippen molar-refractivity contribution in [1.29, 1.82) is 0 Å². The van der Waals surface area contributed by atoms with Crippen molar-refractivity contribution in [3.8, 4) is 0 Å². The van der Waals surface area contributed by atoms with E-state index in [4.69, 9.17) is 4.74 Å². The van der Waals surface area contributed by atoms with E-state index < -0.39 is 0 Å². The molecular formula is C26H46O2. The molecule has 2 heteroatoms. The van der Waals surface area contributed by atoms with Gasteiger partial charge in [-0.3, -0.25) is 0 Å². The van der Waals surface area contributed by atoms with Gasteiger partial charge in [0.1, 0.15) is 0 Å². The molecule has 28 heavy (non-hydrogen) atoms. The third kappa shape index (κ3) is 8.41. The molecular weight excluding hydrogens is 344 g/mol. The van der Waals surface area contributed by atoms with Crippen molar-refractivity contribution < 1.29 is 9.84 Å². The monoisotopic (exact) mass is 390 g/mol. The summed E-state index contributed by atoms with van der Waals surface area (Å²) in [5, 5.41) is 9.25. The molecule has 2 nitrogen and oxygen atoms in total. The van der Waals surface area contributed by atoms with Crippen LogP contribution in [0.25, 0.3) is 0 Å². The summed E-state index contributed by atoms with van der Waals surface area (Å²) in [4.78, 5) is 0. The zero-order valence-electron chi connectivity index (χ0n) is 18.7. The number of rotatable bonds is 12. The number of allylic oxidation sites excluding steroid dienone is 2. The highest BCUT2D eigenvalue weighted by atomic mass is 16.5. The van der Waals surface area contributed by atoms with E-state index in [-0.39, 0.29) is 6.61 Å². The summed E-state index contributed by atoms with van der Waals surface area (Å²) in [7, 11) is 1.79. The Balaban J connectivity index is 1.63.